The number of aliphatic hydroxyl groups excluding tert-OH is 2. The summed E-state index contributed by atoms with van der Waals surface area (Å²) in [7, 11) is 0. The molecule has 0 aliphatic heterocycles. The Bertz CT molecular complexity index is 507. The predicted molar refractivity (Wildman–Crippen MR) is 74.7 cm³/mol. The summed E-state index contributed by atoms with van der Waals surface area (Å²) in [6.45, 7) is 0.831. The van der Waals surface area contributed by atoms with Gasteiger partial charge in [-0.15, -0.1) is 0 Å². The molecule has 1 aromatic heterocycles. The molecule has 1 fully saturated rings. The van der Waals surface area contributed by atoms with Gasteiger partial charge in [0.1, 0.15) is 11.6 Å². The van der Waals surface area contributed by atoms with Crippen molar-refractivity contribution in [3.63, 3.8) is 0 Å². The van der Waals surface area contributed by atoms with E-state index in [4.69, 9.17) is 5.11 Å². The van der Waals surface area contributed by atoms with Crippen LogP contribution < -0.4 is 4.90 Å². The highest BCUT2D eigenvalue weighted by molar-refractivity contribution is 5.40. The molecule has 2 rings (SSSR count). The number of nitrogens with zero attached hydrogens (tertiary/aromatic N) is 3. The second kappa shape index (κ2) is 6.78. The molecule has 1 aromatic rings. The molecule has 0 bridgehead atoms. The molecule has 1 aliphatic rings. The van der Waals surface area contributed by atoms with Gasteiger partial charge in [0.25, 0.3) is 0 Å². The monoisotopic (exact) mass is 319 g/mol. The number of alkyl halides is 3. The zero-order chi connectivity index (χ0) is 16.3. The van der Waals surface area contributed by atoms with Crippen LogP contribution in [0.4, 0.5) is 19.0 Å². The van der Waals surface area contributed by atoms with E-state index in [2.05, 4.69) is 9.97 Å². The molecular weight excluding hydrogens is 299 g/mol. The molecule has 0 saturated heterocycles. The largest absolute Gasteiger partial charge is 0.394 e. The third-order valence-electron chi connectivity index (χ3n) is 3.43. The maximum Gasteiger partial charge on any atom is 0.390 e. The van der Waals surface area contributed by atoms with Gasteiger partial charge >= 0.3 is 6.18 Å². The number of hydrogen-bond donors (Lipinski definition) is 2. The van der Waals surface area contributed by atoms with Crippen molar-refractivity contribution >= 4 is 5.82 Å². The van der Waals surface area contributed by atoms with Gasteiger partial charge in [-0.25, -0.2) is 9.97 Å². The van der Waals surface area contributed by atoms with Crippen molar-refractivity contribution in [2.75, 3.05) is 24.6 Å². The van der Waals surface area contributed by atoms with E-state index in [1.807, 2.05) is 0 Å². The number of halogens is 3. The lowest BCUT2D eigenvalue weighted by molar-refractivity contribution is -0.132. The molecular formula is C14H20F3N3O2. The predicted octanol–water partition coefficient (Wildman–Crippen LogP) is 1.77. The molecule has 0 radical (unpaired) electrons. The Kier molecular flexibility index (Phi) is 5.23. The third kappa shape index (κ3) is 5.10. The van der Waals surface area contributed by atoms with E-state index in [9.17, 15) is 18.3 Å². The molecule has 8 heteroatoms. The fourth-order valence-electron chi connectivity index (χ4n) is 2.13. The van der Waals surface area contributed by atoms with Crippen LogP contribution in [-0.4, -0.2) is 52.2 Å². The van der Waals surface area contributed by atoms with Gasteiger partial charge in [-0.3, -0.25) is 0 Å². The number of anilines is 1. The average Bonchev–Trinajstić information content (AvgIpc) is 3.25. The summed E-state index contributed by atoms with van der Waals surface area (Å²) in [6.07, 6.45) is -4.43. The van der Waals surface area contributed by atoms with Crippen molar-refractivity contribution in [1.29, 1.82) is 0 Å². The normalized spacial score (nSPS) is 16.6. The Morgan fingerprint density at radius 2 is 2.05 bits per heavy atom. The molecule has 5 nitrogen and oxygen atoms in total. The molecule has 22 heavy (non-hydrogen) atoms. The van der Waals surface area contributed by atoms with Crippen LogP contribution in [0.2, 0.25) is 0 Å². The zero-order valence-electron chi connectivity index (χ0n) is 12.3. The second-order valence-electron chi connectivity index (χ2n) is 5.65. The summed E-state index contributed by atoms with van der Waals surface area (Å²) in [5.74, 6) is 1.29. The van der Waals surface area contributed by atoms with Crippen molar-refractivity contribution in [2.45, 2.75) is 44.4 Å². The third-order valence-corrected chi connectivity index (χ3v) is 3.43. The minimum atomic E-state index is -4.29. The smallest absolute Gasteiger partial charge is 0.390 e. The Labute approximate surface area is 126 Å². The van der Waals surface area contributed by atoms with Gasteiger partial charge in [-0.2, -0.15) is 13.2 Å². The van der Waals surface area contributed by atoms with Gasteiger partial charge in [-0.05, 0) is 19.8 Å². The van der Waals surface area contributed by atoms with Gasteiger partial charge in [0.15, 0.2) is 0 Å². The van der Waals surface area contributed by atoms with Crippen molar-refractivity contribution in [1.82, 2.24) is 9.97 Å². The quantitative estimate of drug-likeness (QED) is 0.802. The number of hydrogen-bond acceptors (Lipinski definition) is 5. The van der Waals surface area contributed by atoms with Crippen LogP contribution in [0.15, 0.2) is 6.07 Å². The molecule has 0 amide bonds. The van der Waals surface area contributed by atoms with Gasteiger partial charge < -0.3 is 15.1 Å². The molecule has 124 valence electrons. The zero-order valence-corrected chi connectivity index (χ0v) is 12.3. The molecule has 2 N–H and O–H groups in total. The van der Waals surface area contributed by atoms with E-state index in [0.717, 1.165) is 12.8 Å². The van der Waals surface area contributed by atoms with Crippen LogP contribution in [-0.2, 0) is 0 Å². The van der Waals surface area contributed by atoms with Gasteiger partial charge in [-0.1, -0.05) is 0 Å². The van der Waals surface area contributed by atoms with E-state index < -0.39 is 25.3 Å². The van der Waals surface area contributed by atoms with Crippen molar-refractivity contribution < 1.29 is 23.4 Å². The molecule has 0 spiro atoms. The highest BCUT2D eigenvalue weighted by Crippen LogP contribution is 2.38. The number of rotatable bonds is 7. The summed E-state index contributed by atoms with van der Waals surface area (Å²) in [5.41, 5.74) is 0.683. The summed E-state index contributed by atoms with van der Waals surface area (Å²) < 4.78 is 37.4. The van der Waals surface area contributed by atoms with Gasteiger partial charge in [0.2, 0.25) is 0 Å². The fourth-order valence-corrected chi connectivity index (χ4v) is 2.13. The Balaban J connectivity index is 2.18. The average molecular weight is 319 g/mol. The summed E-state index contributed by atoms with van der Waals surface area (Å²) in [4.78, 5) is 10.0. The Hall–Kier alpha value is -1.41. The van der Waals surface area contributed by atoms with Crippen molar-refractivity contribution in [3.8, 4) is 0 Å². The molecule has 0 aromatic carbocycles. The SMILES string of the molecule is Cc1cc(N(CCC(F)(F)F)C[C@H](O)CO)nc(C2CC2)n1. The van der Waals surface area contributed by atoms with E-state index in [1.165, 1.54) is 4.90 Å². The van der Waals surface area contributed by atoms with Crippen LogP contribution >= 0.6 is 0 Å². The van der Waals surface area contributed by atoms with Crippen LogP contribution in [0.1, 0.15) is 36.7 Å². The van der Waals surface area contributed by atoms with Crippen molar-refractivity contribution in [3.05, 3.63) is 17.6 Å². The van der Waals surface area contributed by atoms with Crippen LogP contribution in [0.3, 0.4) is 0 Å². The first-order chi connectivity index (χ1) is 10.3. The van der Waals surface area contributed by atoms with Gasteiger partial charge in [0.05, 0.1) is 19.1 Å². The van der Waals surface area contributed by atoms with E-state index >= 15 is 0 Å². The van der Waals surface area contributed by atoms with Gasteiger partial charge in [0, 0.05) is 30.8 Å². The van der Waals surface area contributed by atoms with Crippen LogP contribution in [0, 0.1) is 6.92 Å². The number of aliphatic hydroxyl groups is 2. The van der Waals surface area contributed by atoms with Crippen LogP contribution in [0.5, 0.6) is 0 Å². The first-order valence-corrected chi connectivity index (χ1v) is 7.24. The van der Waals surface area contributed by atoms with E-state index in [0.29, 0.717) is 17.3 Å². The molecule has 1 atom stereocenters. The van der Waals surface area contributed by atoms with E-state index in [1.54, 1.807) is 13.0 Å². The highest BCUT2D eigenvalue weighted by Gasteiger charge is 2.30. The number of aromatic nitrogens is 2. The van der Waals surface area contributed by atoms with Crippen LogP contribution in [0.25, 0.3) is 0 Å². The maximum absolute atomic E-state index is 12.5. The first kappa shape index (κ1) is 17.0. The number of aryl methyl sites for hydroxylation is 1. The Morgan fingerprint density at radius 1 is 1.36 bits per heavy atom. The second-order valence-corrected chi connectivity index (χ2v) is 5.65. The lowest BCUT2D eigenvalue weighted by Gasteiger charge is -2.26. The first-order valence-electron chi connectivity index (χ1n) is 7.24. The summed E-state index contributed by atoms with van der Waals surface area (Å²) in [5, 5.41) is 18.5. The fraction of sp³-hybridized carbons (Fsp3) is 0.714. The molecule has 1 saturated carbocycles. The Morgan fingerprint density at radius 3 is 2.59 bits per heavy atom. The molecule has 1 aliphatic carbocycles. The summed E-state index contributed by atoms with van der Waals surface area (Å²) in [6, 6.07) is 1.60. The minimum absolute atomic E-state index is 0.104. The lowest BCUT2D eigenvalue weighted by atomic mass is 10.2. The molecule has 1 heterocycles. The molecule has 0 unspecified atom stereocenters. The van der Waals surface area contributed by atoms with E-state index in [-0.39, 0.29) is 19.0 Å². The lowest BCUT2D eigenvalue weighted by Crippen LogP contribution is -2.37. The highest BCUT2D eigenvalue weighted by atomic mass is 19.4. The maximum atomic E-state index is 12.5. The topological polar surface area (TPSA) is 69.5 Å². The van der Waals surface area contributed by atoms with Crippen molar-refractivity contribution in [2.24, 2.45) is 0 Å². The standard InChI is InChI=1S/C14H20F3N3O2/c1-9-6-12(19-13(18-9)10-2-3-10)20(7-11(22)8-21)5-4-14(15,16)17/h6,10-11,21-22H,2-5,7-8H2,1H3/t11-/m0/s1. The summed E-state index contributed by atoms with van der Waals surface area (Å²) >= 11 is 0. The minimum Gasteiger partial charge on any atom is -0.394 e.